The standard InChI is InChI=1S/C20H23N5O2/c1-25(2)16-8-4-14(5-9-16)18-19(15-6-10-17(27-3)11-7-15)23-24-20(22-18)21-12-13-26/h4-11,26H,12-13H2,1-3H3,(H,21,22,24). The van der Waals surface area contributed by atoms with Crippen LogP contribution in [-0.4, -0.2) is 54.6 Å². The van der Waals surface area contributed by atoms with Crippen LogP contribution in [0, 0.1) is 0 Å². The molecule has 3 rings (SSSR count). The Balaban J connectivity index is 2.06. The van der Waals surface area contributed by atoms with E-state index in [1.54, 1.807) is 7.11 Å². The zero-order valence-corrected chi connectivity index (χ0v) is 15.7. The van der Waals surface area contributed by atoms with Gasteiger partial charge in [-0.15, -0.1) is 10.2 Å². The molecule has 3 aromatic rings. The molecule has 0 radical (unpaired) electrons. The minimum atomic E-state index is -0.00352. The number of ether oxygens (including phenoxy) is 1. The molecule has 0 aliphatic rings. The van der Waals surface area contributed by atoms with Crippen LogP contribution in [0.25, 0.3) is 22.5 Å². The quantitative estimate of drug-likeness (QED) is 0.666. The number of rotatable bonds is 7. The maximum atomic E-state index is 9.02. The molecule has 140 valence electrons. The third-order valence-electron chi connectivity index (χ3n) is 4.10. The highest BCUT2D eigenvalue weighted by Crippen LogP contribution is 2.31. The van der Waals surface area contributed by atoms with E-state index in [-0.39, 0.29) is 6.61 Å². The highest BCUT2D eigenvalue weighted by atomic mass is 16.5. The second kappa shape index (κ2) is 8.46. The van der Waals surface area contributed by atoms with Gasteiger partial charge >= 0.3 is 0 Å². The normalized spacial score (nSPS) is 10.5. The molecule has 7 nitrogen and oxygen atoms in total. The lowest BCUT2D eigenvalue weighted by Gasteiger charge is -2.14. The van der Waals surface area contributed by atoms with Crippen molar-refractivity contribution in [2.24, 2.45) is 0 Å². The van der Waals surface area contributed by atoms with E-state index < -0.39 is 0 Å². The number of benzene rings is 2. The van der Waals surface area contributed by atoms with Crippen LogP contribution in [0.3, 0.4) is 0 Å². The van der Waals surface area contributed by atoms with Gasteiger partial charge in [-0.1, -0.05) is 12.1 Å². The highest BCUT2D eigenvalue weighted by molar-refractivity contribution is 5.79. The Hall–Kier alpha value is -3.19. The fraction of sp³-hybridized carbons (Fsp3) is 0.250. The summed E-state index contributed by atoms with van der Waals surface area (Å²) in [5.41, 5.74) is 4.35. The molecule has 0 saturated heterocycles. The fourth-order valence-corrected chi connectivity index (χ4v) is 2.63. The van der Waals surface area contributed by atoms with Crippen LogP contribution in [-0.2, 0) is 0 Å². The topological polar surface area (TPSA) is 83.4 Å². The molecule has 1 aromatic heterocycles. The second-order valence-electron chi connectivity index (χ2n) is 6.15. The van der Waals surface area contributed by atoms with E-state index in [1.165, 1.54) is 0 Å². The van der Waals surface area contributed by atoms with Gasteiger partial charge in [-0.2, -0.15) is 0 Å². The third-order valence-corrected chi connectivity index (χ3v) is 4.10. The van der Waals surface area contributed by atoms with Crippen molar-refractivity contribution in [2.45, 2.75) is 0 Å². The number of nitrogens with one attached hydrogen (secondary N) is 1. The molecule has 0 aliphatic carbocycles. The summed E-state index contributed by atoms with van der Waals surface area (Å²) in [6.45, 7) is 0.360. The number of methoxy groups -OCH3 is 1. The van der Waals surface area contributed by atoms with E-state index in [4.69, 9.17) is 9.84 Å². The summed E-state index contributed by atoms with van der Waals surface area (Å²) in [7, 11) is 5.64. The highest BCUT2D eigenvalue weighted by Gasteiger charge is 2.14. The van der Waals surface area contributed by atoms with E-state index in [1.807, 2.05) is 67.5 Å². The molecule has 0 spiro atoms. The lowest BCUT2D eigenvalue weighted by molar-refractivity contribution is 0.310. The van der Waals surface area contributed by atoms with Crippen molar-refractivity contribution in [3.63, 3.8) is 0 Å². The zero-order chi connectivity index (χ0) is 19.2. The molecule has 0 bridgehead atoms. The Morgan fingerprint density at radius 1 is 0.926 bits per heavy atom. The first-order chi connectivity index (χ1) is 13.1. The van der Waals surface area contributed by atoms with Gasteiger partial charge in [0.15, 0.2) is 0 Å². The minimum absolute atomic E-state index is 0.00352. The molecule has 27 heavy (non-hydrogen) atoms. The number of hydrogen-bond acceptors (Lipinski definition) is 7. The Bertz CT molecular complexity index is 880. The van der Waals surface area contributed by atoms with Gasteiger partial charge in [-0.05, 0) is 36.4 Å². The van der Waals surface area contributed by atoms with Crippen molar-refractivity contribution in [1.82, 2.24) is 15.2 Å². The Labute approximate surface area is 158 Å². The number of aliphatic hydroxyl groups is 1. The predicted molar refractivity (Wildman–Crippen MR) is 107 cm³/mol. The largest absolute Gasteiger partial charge is 0.497 e. The molecule has 2 aromatic carbocycles. The Morgan fingerprint density at radius 2 is 1.56 bits per heavy atom. The lowest BCUT2D eigenvalue weighted by Crippen LogP contribution is -2.11. The average Bonchev–Trinajstić information content (AvgIpc) is 2.72. The first-order valence-electron chi connectivity index (χ1n) is 8.64. The van der Waals surface area contributed by atoms with E-state index in [9.17, 15) is 0 Å². The van der Waals surface area contributed by atoms with Crippen molar-refractivity contribution in [3.8, 4) is 28.3 Å². The summed E-state index contributed by atoms with van der Waals surface area (Å²) < 4.78 is 5.23. The molecular formula is C20H23N5O2. The van der Waals surface area contributed by atoms with Crippen LogP contribution >= 0.6 is 0 Å². The van der Waals surface area contributed by atoms with Crippen LogP contribution in [0.5, 0.6) is 5.75 Å². The van der Waals surface area contributed by atoms with Gasteiger partial charge in [-0.3, -0.25) is 0 Å². The Kier molecular flexibility index (Phi) is 5.83. The number of hydrogen-bond donors (Lipinski definition) is 2. The van der Waals surface area contributed by atoms with Gasteiger partial charge in [-0.25, -0.2) is 4.98 Å². The molecule has 0 amide bonds. The molecule has 1 heterocycles. The van der Waals surface area contributed by atoms with Crippen LogP contribution in [0.1, 0.15) is 0 Å². The van der Waals surface area contributed by atoms with Crippen LogP contribution in [0.2, 0.25) is 0 Å². The minimum Gasteiger partial charge on any atom is -0.497 e. The van der Waals surface area contributed by atoms with Gasteiger partial charge in [0.2, 0.25) is 5.95 Å². The molecule has 7 heteroatoms. The number of aromatic nitrogens is 3. The van der Waals surface area contributed by atoms with Gasteiger partial charge in [0.25, 0.3) is 0 Å². The van der Waals surface area contributed by atoms with Crippen molar-refractivity contribution in [3.05, 3.63) is 48.5 Å². The molecule has 0 saturated carbocycles. The summed E-state index contributed by atoms with van der Waals surface area (Å²) in [6, 6.07) is 15.7. The molecule has 2 N–H and O–H groups in total. The summed E-state index contributed by atoms with van der Waals surface area (Å²) in [4.78, 5) is 6.68. The van der Waals surface area contributed by atoms with E-state index >= 15 is 0 Å². The van der Waals surface area contributed by atoms with Crippen LogP contribution < -0.4 is 15.0 Å². The van der Waals surface area contributed by atoms with Crippen molar-refractivity contribution in [2.75, 3.05) is 44.6 Å². The predicted octanol–water partition coefficient (Wildman–Crippen LogP) is 2.68. The molecule has 0 atom stereocenters. The monoisotopic (exact) mass is 365 g/mol. The van der Waals surface area contributed by atoms with E-state index in [0.29, 0.717) is 18.2 Å². The third kappa shape index (κ3) is 4.32. The van der Waals surface area contributed by atoms with Crippen LogP contribution in [0.4, 0.5) is 11.6 Å². The maximum absolute atomic E-state index is 9.02. The smallest absolute Gasteiger partial charge is 0.243 e. The SMILES string of the molecule is COc1ccc(-c2nnc(NCCO)nc2-c2ccc(N(C)C)cc2)cc1. The zero-order valence-electron chi connectivity index (χ0n) is 15.7. The summed E-state index contributed by atoms with van der Waals surface area (Å²) in [5.74, 6) is 1.16. The summed E-state index contributed by atoms with van der Waals surface area (Å²) in [5, 5.41) is 20.5. The first kappa shape index (κ1) is 18.6. The van der Waals surface area contributed by atoms with E-state index in [0.717, 1.165) is 28.3 Å². The molecule has 0 fully saturated rings. The van der Waals surface area contributed by atoms with Crippen molar-refractivity contribution in [1.29, 1.82) is 0 Å². The van der Waals surface area contributed by atoms with E-state index in [2.05, 4.69) is 20.5 Å². The van der Waals surface area contributed by atoms with Crippen molar-refractivity contribution < 1.29 is 9.84 Å². The molecule has 0 unspecified atom stereocenters. The number of aliphatic hydroxyl groups excluding tert-OH is 1. The fourth-order valence-electron chi connectivity index (χ4n) is 2.63. The van der Waals surface area contributed by atoms with Crippen molar-refractivity contribution >= 4 is 11.6 Å². The summed E-state index contributed by atoms with van der Waals surface area (Å²) >= 11 is 0. The first-order valence-corrected chi connectivity index (χ1v) is 8.64. The average molecular weight is 365 g/mol. The van der Waals surface area contributed by atoms with Gasteiger partial charge < -0.3 is 20.1 Å². The molecule has 0 aliphatic heterocycles. The number of nitrogens with zero attached hydrogens (tertiary/aromatic N) is 4. The summed E-state index contributed by atoms with van der Waals surface area (Å²) in [6.07, 6.45) is 0. The lowest BCUT2D eigenvalue weighted by atomic mass is 10.0. The van der Waals surface area contributed by atoms with Gasteiger partial charge in [0, 0.05) is 37.5 Å². The second-order valence-corrected chi connectivity index (χ2v) is 6.15. The molecular weight excluding hydrogens is 342 g/mol. The number of anilines is 2. The Morgan fingerprint density at radius 3 is 2.15 bits per heavy atom. The maximum Gasteiger partial charge on any atom is 0.243 e. The van der Waals surface area contributed by atoms with Gasteiger partial charge in [0.1, 0.15) is 17.1 Å². The van der Waals surface area contributed by atoms with Gasteiger partial charge in [0.05, 0.1) is 13.7 Å². The van der Waals surface area contributed by atoms with Crippen LogP contribution in [0.15, 0.2) is 48.5 Å².